The third-order valence-corrected chi connectivity index (χ3v) is 2.42. The summed E-state index contributed by atoms with van der Waals surface area (Å²) >= 11 is 0. The van der Waals surface area contributed by atoms with E-state index in [2.05, 4.69) is 6.58 Å². The monoisotopic (exact) mass is 169 g/mol. The van der Waals surface area contributed by atoms with E-state index in [4.69, 9.17) is 0 Å². The Hall–Kier alpha value is -0.830. The second-order valence-corrected chi connectivity index (χ2v) is 3.20. The lowest BCUT2D eigenvalue weighted by atomic mass is 9.92. The maximum absolute atomic E-state index is 10.5. The second-order valence-electron chi connectivity index (χ2n) is 3.20. The van der Waals surface area contributed by atoms with Crippen molar-refractivity contribution in [1.82, 2.24) is 4.90 Å². The molecule has 0 saturated heterocycles. The fraction of sp³-hybridized carbons (Fsp3) is 0.667. The molecule has 1 aliphatic carbocycles. The van der Waals surface area contributed by atoms with Gasteiger partial charge in [0.15, 0.2) is 0 Å². The van der Waals surface area contributed by atoms with Gasteiger partial charge in [-0.3, -0.25) is 4.79 Å². The van der Waals surface area contributed by atoms with E-state index in [1.165, 1.54) is 0 Å². The summed E-state index contributed by atoms with van der Waals surface area (Å²) in [5.74, 6) is 0. The molecule has 0 spiro atoms. The van der Waals surface area contributed by atoms with E-state index >= 15 is 0 Å². The minimum atomic E-state index is -0.167. The number of nitrogens with zero attached hydrogens (tertiary/aromatic N) is 1. The van der Waals surface area contributed by atoms with E-state index in [9.17, 15) is 9.90 Å². The molecule has 68 valence electrons. The second kappa shape index (κ2) is 4.26. The Kier molecular flexibility index (Phi) is 3.29. The zero-order chi connectivity index (χ0) is 8.97. The lowest BCUT2D eigenvalue weighted by molar-refractivity contribution is -0.118. The molecule has 1 fully saturated rings. The molecule has 0 atom stereocenters. The topological polar surface area (TPSA) is 40.5 Å². The standard InChI is InChI=1S/C9H15NO2/c1-2-10(7-11)8-3-5-9(12)6-4-8/h2,7-9,12H,1,3-6H2. The summed E-state index contributed by atoms with van der Waals surface area (Å²) in [6.45, 7) is 3.56. The Bertz CT molecular complexity index is 154. The summed E-state index contributed by atoms with van der Waals surface area (Å²) in [5, 5.41) is 9.22. The summed E-state index contributed by atoms with van der Waals surface area (Å²) < 4.78 is 0. The van der Waals surface area contributed by atoms with Crippen molar-refractivity contribution in [2.45, 2.75) is 37.8 Å². The molecule has 0 radical (unpaired) electrons. The maximum atomic E-state index is 10.5. The van der Waals surface area contributed by atoms with Crippen molar-refractivity contribution in [3.05, 3.63) is 12.8 Å². The molecule has 0 bridgehead atoms. The summed E-state index contributed by atoms with van der Waals surface area (Å²) in [6, 6.07) is 0.253. The quantitative estimate of drug-likeness (QED) is 0.637. The van der Waals surface area contributed by atoms with Crippen LogP contribution >= 0.6 is 0 Å². The Morgan fingerprint density at radius 3 is 2.33 bits per heavy atom. The summed E-state index contributed by atoms with van der Waals surface area (Å²) in [7, 11) is 0. The van der Waals surface area contributed by atoms with Crippen molar-refractivity contribution in [3.8, 4) is 0 Å². The van der Waals surface area contributed by atoms with Crippen LogP contribution in [-0.4, -0.2) is 28.6 Å². The number of carbonyl (C=O) groups excluding carboxylic acids is 1. The van der Waals surface area contributed by atoms with E-state index in [-0.39, 0.29) is 12.1 Å². The number of rotatable bonds is 3. The fourth-order valence-corrected chi connectivity index (χ4v) is 1.63. The van der Waals surface area contributed by atoms with Crippen LogP contribution in [-0.2, 0) is 4.79 Å². The average Bonchev–Trinajstić information content (AvgIpc) is 2.10. The molecule has 1 rings (SSSR count). The Balaban J connectivity index is 2.42. The van der Waals surface area contributed by atoms with Gasteiger partial charge in [-0.1, -0.05) is 6.58 Å². The molecule has 3 nitrogen and oxygen atoms in total. The van der Waals surface area contributed by atoms with Crippen LogP contribution in [0.15, 0.2) is 12.8 Å². The smallest absolute Gasteiger partial charge is 0.213 e. The van der Waals surface area contributed by atoms with Crippen LogP contribution in [0.3, 0.4) is 0 Å². The van der Waals surface area contributed by atoms with Crippen molar-refractivity contribution in [2.75, 3.05) is 0 Å². The van der Waals surface area contributed by atoms with Gasteiger partial charge in [-0.2, -0.15) is 0 Å². The minimum absolute atomic E-state index is 0.167. The van der Waals surface area contributed by atoms with E-state index in [1.54, 1.807) is 11.1 Å². The van der Waals surface area contributed by atoms with Crippen molar-refractivity contribution >= 4 is 6.41 Å². The normalized spacial score (nSPS) is 29.4. The SMILES string of the molecule is C=CN(C=O)C1CCC(O)CC1. The fourth-order valence-electron chi connectivity index (χ4n) is 1.63. The highest BCUT2D eigenvalue weighted by Crippen LogP contribution is 2.22. The van der Waals surface area contributed by atoms with Crippen LogP contribution in [0.2, 0.25) is 0 Å². The predicted octanol–water partition coefficient (Wildman–Crippen LogP) is 0.892. The molecule has 3 heteroatoms. The van der Waals surface area contributed by atoms with Crippen LogP contribution in [0.5, 0.6) is 0 Å². The third kappa shape index (κ3) is 2.08. The molecule has 1 N–H and O–H groups in total. The van der Waals surface area contributed by atoms with Gasteiger partial charge in [0.25, 0.3) is 0 Å². The number of hydrogen-bond donors (Lipinski definition) is 1. The summed E-state index contributed by atoms with van der Waals surface area (Å²) in [5.41, 5.74) is 0. The first-order chi connectivity index (χ1) is 5.77. The van der Waals surface area contributed by atoms with Crippen LogP contribution in [0, 0.1) is 0 Å². The molecule has 0 aromatic rings. The summed E-state index contributed by atoms with van der Waals surface area (Å²) in [4.78, 5) is 12.1. The van der Waals surface area contributed by atoms with Gasteiger partial charge in [0, 0.05) is 6.04 Å². The number of aliphatic hydroxyl groups is 1. The molecule has 0 heterocycles. The van der Waals surface area contributed by atoms with Crippen molar-refractivity contribution in [3.63, 3.8) is 0 Å². The summed E-state index contributed by atoms with van der Waals surface area (Å²) in [6.07, 6.45) is 5.54. The van der Waals surface area contributed by atoms with Crippen LogP contribution in [0.25, 0.3) is 0 Å². The van der Waals surface area contributed by atoms with Crippen LogP contribution < -0.4 is 0 Å². The highest BCUT2D eigenvalue weighted by molar-refractivity contribution is 5.49. The number of aliphatic hydroxyl groups excluding tert-OH is 1. The molecule has 1 aliphatic rings. The lowest BCUT2D eigenvalue weighted by Crippen LogP contribution is -2.34. The minimum Gasteiger partial charge on any atom is -0.393 e. The maximum Gasteiger partial charge on any atom is 0.213 e. The van der Waals surface area contributed by atoms with Crippen molar-refractivity contribution in [2.24, 2.45) is 0 Å². The van der Waals surface area contributed by atoms with Crippen molar-refractivity contribution in [1.29, 1.82) is 0 Å². The first kappa shape index (κ1) is 9.26. The first-order valence-electron chi connectivity index (χ1n) is 4.31. The van der Waals surface area contributed by atoms with E-state index < -0.39 is 0 Å². The van der Waals surface area contributed by atoms with Gasteiger partial charge >= 0.3 is 0 Å². The van der Waals surface area contributed by atoms with Gasteiger partial charge in [-0.15, -0.1) is 0 Å². The largest absolute Gasteiger partial charge is 0.393 e. The van der Waals surface area contributed by atoms with Gasteiger partial charge in [-0.25, -0.2) is 0 Å². The van der Waals surface area contributed by atoms with Crippen LogP contribution in [0.4, 0.5) is 0 Å². The third-order valence-electron chi connectivity index (χ3n) is 2.42. The highest BCUT2D eigenvalue weighted by atomic mass is 16.3. The van der Waals surface area contributed by atoms with Gasteiger partial charge < -0.3 is 10.0 Å². The molecule has 1 amide bonds. The molecular formula is C9H15NO2. The molecule has 12 heavy (non-hydrogen) atoms. The molecule has 0 unspecified atom stereocenters. The van der Waals surface area contributed by atoms with Gasteiger partial charge in [0.1, 0.15) is 0 Å². The van der Waals surface area contributed by atoms with Gasteiger partial charge in [0.05, 0.1) is 6.10 Å². The highest BCUT2D eigenvalue weighted by Gasteiger charge is 2.22. The molecular weight excluding hydrogens is 154 g/mol. The number of hydrogen-bond acceptors (Lipinski definition) is 2. The number of carbonyl (C=O) groups is 1. The Labute approximate surface area is 72.7 Å². The van der Waals surface area contributed by atoms with E-state index in [0.29, 0.717) is 0 Å². The van der Waals surface area contributed by atoms with Crippen LogP contribution in [0.1, 0.15) is 25.7 Å². The first-order valence-corrected chi connectivity index (χ1v) is 4.31. The Morgan fingerprint density at radius 1 is 1.33 bits per heavy atom. The van der Waals surface area contributed by atoms with Crippen molar-refractivity contribution < 1.29 is 9.90 Å². The Morgan fingerprint density at radius 2 is 1.92 bits per heavy atom. The van der Waals surface area contributed by atoms with Gasteiger partial charge in [0.2, 0.25) is 6.41 Å². The average molecular weight is 169 g/mol. The number of amides is 1. The zero-order valence-electron chi connectivity index (χ0n) is 7.15. The lowest BCUT2D eigenvalue weighted by Gasteiger charge is -2.30. The molecule has 0 aromatic carbocycles. The predicted molar refractivity (Wildman–Crippen MR) is 46.4 cm³/mol. The zero-order valence-corrected chi connectivity index (χ0v) is 7.15. The van der Waals surface area contributed by atoms with Gasteiger partial charge in [-0.05, 0) is 31.9 Å². The molecule has 0 aromatic heterocycles. The molecule has 1 saturated carbocycles. The molecule has 0 aliphatic heterocycles. The van der Waals surface area contributed by atoms with E-state index in [1.807, 2.05) is 0 Å². The van der Waals surface area contributed by atoms with E-state index in [0.717, 1.165) is 32.1 Å².